The van der Waals surface area contributed by atoms with Gasteiger partial charge >= 0.3 is 0 Å². The Bertz CT molecular complexity index is 283. The second-order valence-corrected chi connectivity index (χ2v) is 3.80. The molecule has 2 unspecified atom stereocenters. The first-order valence-electron chi connectivity index (χ1n) is 5.37. The first-order valence-corrected chi connectivity index (χ1v) is 5.37. The van der Waals surface area contributed by atoms with Crippen LogP contribution in [0.3, 0.4) is 0 Å². The summed E-state index contributed by atoms with van der Waals surface area (Å²) in [6.07, 6.45) is 1.83. The standard InChI is InChI=1S/C8H15N3O2.C2H4O2/c1-5(7(9)12)11-8(13)6-3-2-4-10-6;1-2(3)4/h5-6,10H,2-4H2,1H3,(H2,9,12)(H,11,13);1H3,(H,3,4). The van der Waals surface area contributed by atoms with E-state index in [1.165, 1.54) is 0 Å². The Morgan fingerprint density at radius 2 is 2.00 bits per heavy atom. The maximum Gasteiger partial charge on any atom is 0.300 e. The number of carboxylic acids is 1. The monoisotopic (exact) mass is 245 g/mol. The first-order chi connectivity index (χ1) is 7.84. The van der Waals surface area contributed by atoms with Crippen molar-refractivity contribution in [2.24, 2.45) is 5.73 Å². The van der Waals surface area contributed by atoms with Crippen molar-refractivity contribution >= 4 is 17.8 Å². The summed E-state index contributed by atoms with van der Waals surface area (Å²) in [7, 11) is 0. The molecule has 17 heavy (non-hydrogen) atoms. The van der Waals surface area contributed by atoms with E-state index in [4.69, 9.17) is 15.6 Å². The number of rotatable bonds is 3. The molecule has 2 atom stereocenters. The molecule has 1 fully saturated rings. The van der Waals surface area contributed by atoms with Crippen LogP contribution in [0.25, 0.3) is 0 Å². The number of hydrogen-bond acceptors (Lipinski definition) is 4. The topological polar surface area (TPSA) is 122 Å². The number of nitrogens with two attached hydrogens (primary N) is 1. The summed E-state index contributed by atoms with van der Waals surface area (Å²) in [4.78, 5) is 31.0. The van der Waals surface area contributed by atoms with Gasteiger partial charge in [-0.05, 0) is 26.3 Å². The molecule has 1 heterocycles. The third-order valence-corrected chi connectivity index (χ3v) is 2.16. The average molecular weight is 245 g/mol. The van der Waals surface area contributed by atoms with Gasteiger partial charge < -0.3 is 21.5 Å². The number of hydrogen-bond donors (Lipinski definition) is 4. The van der Waals surface area contributed by atoms with Gasteiger partial charge in [0.1, 0.15) is 6.04 Å². The number of primary amides is 1. The van der Waals surface area contributed by atoms with E-state index in [9.17, 15) is 9.59 Å². The highest BCUT2D eigenvalue weighted by Crippen LogP contribution is 2.04. The van der Waals surface area contributed by atoms with E-state index in [0.717, 1.165) is 26.3 Å². The zero-order valence-corrected chi connectivity index (χ0v) is 10.0. The van der Waals surface area contributed by atoms with Gasteiger partial charge in [-0.25, -0.2) is 0 Å². The molecule has 2 amide bonds. The van der Waals surface area contributed by atoms with E-state index >= 15 is 0 Å². The molecule has 7 heteroatoms. The van der Waals surface area contributed by atoms with Gasteiger partial charge in [-0.1, -0.05) is 0 Å². The third kappa shape index (κ3) is 7.29. The molecule has 1 rings (SSSR count). The van der Waals surface area contributed by atoms with Gasteiger partial charge in [0.25, 0.3) is 5.97 Å². The highest BCUT2D eigenvalue weighted by molar-refractivity contribution is 5.88. The van der Waals surface area contributed by atoms with E-state index in [-0.39, 0.29) is 11.9 Å². The van der Waals surface area contributed by atoms with Crippen LogP contribution in [0.1, 0.15) is 26.7 Å². The summed E-state index contributed by atoms with van der Waals surface area (Å²) in [5, 5.41) is 13.0. The molecule has 0 spiro atoms. The summed E-state index contributed by atoms with van der Waals surface area (Å²) in [5.74, 6) is -1.48. The number of carboxylic acid groups (broad SMARTS) is 1. The summed E-state index contributed by atoms with van der Waals surface area (Å²) in [6.45, 7) is 3.53. The molecule has 0 saturated carbocycles. The highest BCUT2D eigenvalue weighted by Gasteiger charge is 2.23. The van der Waals surface area contributed by atoms with Gasteiger partial charge in [-0.3, -0.25) is 14.4 Å². The molecular weight excluding hydrogens is 226 g/mol. The van der Waals surface area contributed by atoms with Crippen molar-refractivity contribution in [3.05, 3.63) is 0 Å². The molecule has 0 radical (unpaired) electrons. The second-order valence-electron chi connectivity index (χ2n) is 3.80. The lowest BCUT2D eigenvalue weighted by atomic mass is 10.2. The summed E-state index contributed by atoms with van der Waals surface area (Å²) >= 11 is 0. The maximum absolute atomic E-state index is 11.4. The molecule has 0 aromatic rings. The van der Waals surface area contributed by atoms with Crippen LogP contribution in [0.2, 0.25) is 0 Å². The fraction of sp³-hybridized carbons (Fsp3) is 0.700. The molecule has 0 aromatic heterocycles. The average Bonchev–Trinajstić information content (AvgIpc) is 2.68. The van der Waals surface area contributed by atoms with Crippen LogP contribution in [-0.4, -0.2) is 41.5 Å². The van der Waals surface area contributed by atoms with Crippen LogP contribution in [0.5, 0.6) is 0 Å². The van der Waals surface area contributed by atoms with Gasteiger partial charge in [0, 0.05) is 6.92 Å². The van der Waals surface area contributed by atoms with Gasteiger partial charge in [0.15, 0.2) is 0 Å². The number of carbonyl (C=O) groups excluding carboxylic acids is 2. The van der Waals surface area contributed by atoms with Crippen LogP contribution in [-0.2, 0) is 14.4 Å². The largest absolute Gasteiger partial charge is 0.481 e. The predicted octanol–water partition coefficient (Wildman–Crippen LogP) is -1.18. The van der Waals surface area contributed by atoms with E-state index in [1.54, 1.807) is 6.92 Å². The highest BCUT2D eigenvalue weighted by atomic mass is 16.4. The predicted molar refractivity (Wildman–Crippen MR) is 61.1 cm³/mol. The number of carbonyl (C=O) groups is 3. The van der Waals surface area contributed by atoms with E-state index in [0.29, 0.717) is 0 Å². The van der Waals surface area contributed by atoms with E-state index in [1.807, 2.05) is 0 Å². The Labute approximate surface area is 99.7 Å². The molecule has 0 aromatic carbocycles. The Hall–Kier alpha value is -1.63. The fourth-order valence-corrected chi connectivity index (χ4v) is 1.29. The van der Waals surface area contributed by atoms with Crippen LogP contribution < -0.4 is 16.4 Å². The maximum atomic E-state index is 11.4. The molecule has 5 N–H and O–H groups in total. The van der Waals surface area contributed by atoms with Crippen molar-refractivity contribution in [2.75, 3.05) is 6.54 Å². The molecule has 1 saturated heterocycles. The number of amides is 2. The molecule has 7 nitrogen and oxygen atoms in total. The van der Waals surface area contributed by atoms with E-state index < -0.39 is 17.9 Å². The minimum atomic E-state index is -0.833. The smallest absolute Gasteiger partial charge is 0.300 e. The summed E-state index contributed by atoms with van der Waals surface area (Å²) in [5.41, 5.74) is 5.01. The van der Waals surface area contributed by atoms with Crippen LogP contribution in [0, 0.1) is 0 Å². The fourth-order valence-electron chi connectivity index (χ4n) is 1.29. The van der Waals surface area contributed by atoms with E-state index in [2.05, 4.69) is 10.6 Å². The Morgan fingerprint density at radius 3 is 2.35 bits per heavy atom. The Morgan fingerprint density at radius 1 is 1.47 bits per heavy atom. The van der Waals surface area contributed by atoms with Crippen molar-refractivity contribution in [1.29, 1.82) is 0 Å². The number of aliphatic carboxylic acids is 1. The van der Waals surface area contributed by atoms with Crippen molar-refractivity contribution in [3.8, 4) is 0 Å². The van der Waals surface area contributed by atoms with Crippen molar-refractivity contribution < 1.29 is 19.5 Å². The van der Waals surface area contributed by atoms with Gasteiger partial charge in [0.2, 0.25) is 11.8 Å². The Kier molecular flexibility index (Phi) is 6.88. The Balaban J connectivity index is 0.000000557. The molecular formula is C10H19N3O4. The summed E-state index contributed by atoms with van der Waals surface area (Å²) < 4.78 is 0. The lowest BCUT2D eigenvalue weighted by Crippen LogP contribution is -2.48. The van der Waals surface area contributed by atoms with Gasteiger partial charge in [-0.2, -0.15) is 0 Å². The molecule has 1 aliphatic rings. The normalized spacial score (nSPS) is 19.8. The molecule has 98 valence electrons. The quantitative estimate of drug-likeness (QED) is 0.498. The lowest BCUT2D eigenvalue weighted by Gasteiger charge is -2.14. The van der Waals surface area contributed by atoms with Crippen LogP contribution in [0.4, 0.5) is 0 Å². The van der Waals surface area contributed by atoms with Crippen LogP contribution >= 0.6 is 0 Å². The lowest BCUT2D eigenvalue weighted by molar-refractivity contribution is -0.134. The number of nitrogens with one attached hydrogen (secondary N) is 2. The van der Waals surface area contributed by atoms with Crippen LogP contribution in [0.15, 0.2) is 0 Å². The summed E-state index contributed by atoms with van der Waals surface area (Å²) in [6, 6.07) is -0.739. The zero-order chi connectivity index (χ0) is 13.4. The van der Waals surface area contributed by atoms with Crippen molar-refractivity contribution in [3.63, 3.8) is 0 Å². The van der Waals surface area contributed by atoms with Crippen molar-refractivity contribution in [1.82, 2.24) is 10.6 Å². The van der Waals surface area contributed by atoms with Crippen molar-refractivity contribution in [2.45, 2.75) is 38.8 Å². The second kappa shape index (κ2) is 7.61. The SMILES string of the molecule is CC(=O)O.CC(NC(=O)C1CCCN1)C(N)=O. The minimum absolute atomic E-state index is 0.135. The molecule has 0 bridgehead atoms. The molecule has 1 aliphatic heterocycles. The third-order valence-electron chi connectivity index (χ3n) is 2.16. The van der Waals surface area contributed by atoms with Gasteiger partial charge in [-0.15, -0.1) is 0 Å². The minimum Gasteiger partial charge on any atom is -0.481 e. The van der Waals surface area contributed by atoms with Gasteiger partial charge in [0.05, 0.1) is 6.04 Å². The molecule has 0 aliphatic carbocycles. The first kappa shape index (κ1) is 15.4. The zero-order valence-electron chi connectivity index (χ0n) is 10.0.